The van der Waals surface area contributed by atoms with Gasteiger partial charge in [-0.15, -0.1) is 0 Å². The van der Waals surface area contributed by atoms with Crippen LogP contribution in [0.4, 0.5) is 16.1 Å². The highest BCUT2D eigenvalue weighted by Crippen LogP contribution is 2.26. The molecule has 1 aromatic heterocycles. The SMILES string of the molecule is Cc1noc(NC(=O)[C@@H]2CC(=O)N(c3ccc(F)cc3)C2)n1. The number of nitrogens with zero attached hydrogens (tertiary/aromatic N) is 3. The van der Waals surface area contributed by atoms with Crippen LogP contribution in [0, 0.1) is 18.7 Å². The number of nitrogens with one attached hydrogen (secondary N) is 1. The van der Waals surface area contributed by atoms with Crippen molar-refractivity contribution in [3.8, 4) is 0 Å². The Morgan fingerprint density at radius 1 is 1.41 bits per heavy atom. The van der Waals surface area contributed by atoms with Gasteiger partial charge in [0.25, 0.3) is 0 Å². The third-order valence-corrected chi connectivity index (χ3v) is 3.39. The van der Waals surface area contributed by atoms with E-state index in [4.69, 9.17) is 4.52 Å². The highest BCUT2D eigenvalue weighted by molar-refractivity contribution is 6.02. The number of hydrogen-bond donors (Lipinski definition) is 1. The number of anilines is 2. The Balaban J connectivity index is 1.68. The largest absolute Gasteiger partial charge is 0.328 e. The number of carbonyl (C=O) groups excluding carboxylic acids is 2. The Morgan fingerprint density at radius 3 is 2.77 bits per heavy atom. The number of benzene rings is 1. The molecule has 1 N–H and O–H groups in total. The van der Waals surface area contributed by atoms with Gasteiger partial charge in [0.15, 0.2) is 5.82 Å². The van der Waals surface area contributed by atoms with Gasteiger partial charge in [0.1, 0.15) is 5.82 Å². The minimum atomic E-state index is -0.523. The molecule has 2 aromatic rings. The molecule has 1 aliphatic heterocycles. The summed E-state index contributed by atoms with van der Waals surface area (Å²) in [6.07, 6.45) is 0.0797. The molecule has 0 radical (unpaired) electrons. The normalized spacial score (nSPS) is 17.8. The predicted molar refractivity (Wildman–Crippen MR) is 74.5 cm³/mol. The monoisotopic (exact) mass is 304 g/mol. The lowest BCUT2D eigenvalue weighted by Crippen LogP contribution is -2.28. The molecule has 2 amide bonds. The molecule has 114 valence electrons. The van der Waals surface area contributed by atoms with Gasteiger partial charge in [-0.2, -0.15) is 4.98 Å². The maximum Gasteiger partial charge on any atom is 0.328 e. The zero-order valence-electron chi connectivity index (χ0n) is 11.7. The molecule has 8 heteroatoms. The molecule has 1 aromatic carbocycles. The van der Waals surface area contributed by atoms with Gasteiger partial charge in [-0.3, -0.25) is 14.9 Å². The van der Waals surface area contributed by atoms with Crippen LogP contribution in [-0.2, 0) is 9.59 Å². The Morgan fingerprint density at radius 2 is 2.14 bits per heavy atom. The van der Waals surface area contributed by atoms with Gasteiger partial charge in [-0.05, 0) is 31.2 Å². The summed E-state index contributed by atoms with van der Waals surface area (Å²) < 4.78 is 17.7. The summed E-state index contributed by atoms with van der Waals surface area (Å²) in [4.78, 5) is 29.5. The number of aryl methyl sites for hydroxylation is 1. The molecule has 0 saturated carbocycles. The van der Waals surface area contributed by atoms with Crippen molar-refractivity contribution in [2.24, 2.45) is 5.92 Å². The van der Waals surface area contributed by atoms with E-state index in [0.717, 1.165) is 0 Å². The Hall–Kier alpha value is -2.77. The molecule has 22 heavy (non-hydrogen) atoms. The van der Waals surface area contributed by atoms with E-state index in [1.165, 1.54) is 29.2 Å². The van der Waals surface area contributed by atoms with Gasteiger partial charge < -0.3 is 9.42 Å². The first-order valence-electron chi connectivity index (χ1n) is 6.70. The van der Waals surface area contributed by atoms with Crippen LogP contribution < -0.4 is 10.2 Å². The molecular weight excluding hydrogens is 291 g/mol. The molecule has 3 rings (SSSR count). The topological polar surface area (TPSA) is 88.3 Å². The second-order valence-corrected chi connectivity index (χ2v) is 5.02. The Kier molecular flexibility index (Phi) is 3.58. The number of carbonyl (C=O) groups is 2. The first-order chi connectivity index (χ1) is 10.5. The average molecular weight is 304 g/mol. The van der Waals surface area contributed by atoms with Crippen molar-refractivity contribution in [1.29, 1.82) is 0 Å². The minimum absolute atomic E-state index is 0.00943. The summed E-state index contributed by atoms with van der Waals surface area (Å²) in [5.74, 6) is -1.04. The van der Waals surface area contributed by atoms with Gasteiger partial charge in [0.2, 0.25) is 11.8 Å². The zero-order chi connectivity index (χ0) is 15.7. The third-order valence-electron chi connectivity index (χ3n) is 3.39. The van der Waals surface area contributed by atoms with E-state index >= 15 is 0 Å². The number of aromatic nitrogens is 2. The van der Waals surface area contributed by atoms with Gasteiger partial charge >= 0.3 is 6.01 Å². The fourth-order valence-electron chi connectivity index (χ4n) is 2.31. The second kappa shape index (κ2) is 5.55. The van der Waals surface area contributed by atoms with E-state index < -0.39 is 5.92 Å². The predicted octanol–water partition coefficient (Wildman–Crippen LogP) is 1.51. The average Bonchev–Trinajstić information content (AvgIpc) is 3.06. The summed E-state index contributed by atoms with van der Waals surface area (Å²) in [6, 6.07) is 5.58. The molecule has 0 spiro atoms. The van der Waals surface area contributed by atoms with Crippen LogP contribution in [0.1, 0.15) is 12.2 Å². The van der Waals surface area contributed by atoms with Crippen LogP contribution in [0.2, 0.25) is 0 Å². The molecule has 0 aliphatic carbocycles. The van der Waals surface area contributed by atoms with E-state index in [0.29, 0.717) is 11.5 Å². The van der Waals surface area contributed by atoms with Gasteiger partial charge in [0, 0.05) is 18.7 Å². The maximum atomic E-state index is 12.9. The van der Waals surface area contributed by atoms with E-state index in [-0.39, 0.29) is 36.6 Å². The molecule has 0 bridgehead atoms. The summed E-state index contributed by atoms with van der Waals surface area (Å²) in [6.45, 7) is 1.86. The number of hydrogen-bond acceptors (Lipinski definition) is 5. The zero-order valence-corrected chi connectivity index (χ0v) is 11.7. The first kappa shape index (κ1) is 14.2. The van der Waals surface area contributed by atoms with Gasteiger partial charge in [0.05, 0.1) is 5.92 Å². The van der Waals surface area contributed by atoms with Crippen LogP contribution in [-0.4, -0.2) is 28.5 Å². The van der Waals surface area contributed by atoms with Gasteiger partial charge in [-0.25, -0.2) is 4.39 Å². The van der Waals surface area contributed by atoms with Crippen molar-refractivity contribution in [2.75, 3.05) is 16.8 Å². The lowest BCUT2D eigenvalue weighted by atomic mass is 10.1. The minimum Gasteiger partial charge on any atom is -0.315 e. The summed E-state index contributed by atoms with van der Waals surface area (Å²) in [5, 5.41) is 6.06. The maximum absolute atomic E-state index is 12.9. The standard InChI is InChI=1S/C14H13FN4O3/c1-8-16-14(22-18-8)17-13(21)9-6-12(20)19(7-9)11-4-2-10(15)3-5-11/h2-5,9H,6-7H2,1H3,(H,16,17,18,21)/t9-/m1/s1. The fraction of sp³-hybridized carbons (Fsp3) is 0.286. The van der Waals surface area contributed by atoms with Crippen molar-refractivity contribution in [1.82, 2.24) is 10.1 Å². The molecule has 1 saturated heterocycles. The van der Waals surface area contributed by atoms with E-state index in [9.17, 15) is 14.0 Å². The smallest absolute Gasteiger partial charge is 0.315 e. The summed E-state index contributed by atoms with van der Waals surface area (Å²) in [5.41, 5.74) is 0.565. The lowest BCUT2D eigenvalue weighted by Gasteiger charge is -2.16. The molecule has 2 heterocycles. The molecular formula is C14H13FN4O3. The second-order valence-electron chi connectivity index (χ2n) is 5.02. The van der Waals surface area contributed by atoms with Crippen LogP contribution >= 0.6 is 0 Å². The number of halogens is 1. The van der Waals surface area contributed by atoms with E-state index in [1.807, 2.05) is 0 Å². The van der Waals surface area contributed by atoms with Crippen LogP contribution in [0.15, 0.2) is 28.8 Å². The van der Waals surface area contributed by atoms with Crippen LogP contribution in [0.3, 0.4) is 0 Å². The molecule has 1 atom stereocenters. The van der Waals surface area contributed by atoms with Crippen LogP contribution in [0.5, 0.6) is 0 Å². The van der Waals surface area contributed by atoms with Crippen molar-refractivity contribution >= 4 is 23.5 Å². The van der Waals surface area contributed by atoms with Crippen LogP contribution in [0.25, 0.3) is 0 Å². The third kappa shape index (κ3) is 2.80. The summed E-state index contributed by atoms with van der Waals surface area (Å²) in [7, 11) is 0. The Bertz CT molecular complexity index is 713. The molecule has 1 aliphatic rings. The van der Waals surface area contributed by atoms with Crippen molar-refractivity contribution in [3.63, 3.8) is 0 Å². The fourth-order valence-corrected chi connectivity index (χ4v) is 2.31. The van der Waals surface area contributed by atoms with Gasteiger partial charge in [-0.1, -0.05) is 5.16 Å². The Labute approximate surface area is 125 Å². The number of rotatable bonds is 3. The van der Waals surface area contributed by atoms with Crippen molar-refractivity contribution in [2.45, 2.75) is 13.3 Å². The van der Waals surface area contributed by atoms with E-state index in [2.05, 4.69) is 15.5 Å². The van der Waals surface area contributed by atoms with E-state index in [1.54, 1.807) is 6.92 Å². The first-order valence-corrected chi connectivity index (χ1v) is 6.70. The lowest BCUT2D eigenvalue weighted by molar-refractivity contribution is -0.122. The number of amides is 2. The molecule has 0 unspecified atom stereocenters. The molecule has 1 fully saturated rings. The molecule has 7 nitrogen and oxygen atoms in total. The van der Waals surface area contributed by atoms with Crippen molar-refractivity contribution in [3.05, 3.63) is 35.9 Å². The highest BCUT2D eigenvalue weighted by atomic mass is 19.1. The highest BCUT2D eigenvalue weighted by Gasteiger charge is 2.35. The van der Waals surface area contributed by atoms with Crippen molar-refractivity contribution < 1.29 is 18.5 Å². The quantitative estimate of drug-likeness (QED) is 0.928. The summed E-state index contributed by atoms with van der Waals surface area (Å²) >= 11 is 0.